The molecule has 1 aliphatic heterocycles. The van der Waals surface area contributed by atoms with Gasteiger partial charge in [-0.25, -0.2) is 9.18 Å². The van der Waals surface area contributed by atoms with Crippen molar-refractivity contribution in [2.75, 3.05) is 13.1 Å². The minimum absolute atomic E-state index is 0.149. The van der Waals surface area contributed by atoms with Crippen LogP contribution in [0.15, 0.2) is 51.7 Å². The number of rotatable bonds is 5. The Balaban J connectivity index is 1.59. The molecule has 9 heteroatoms. The summed E-state index contributed by atoms with van der Waals surface area (Å²) in [6, 6.07) is 9.98. The van der Waals surface area contributed by atoms with Crippen LogP contribution in [0.4, 0.5) is 4.39 Å². The van der Waals surface area contributed by atoms with E-state index in [4.69, 9.17) is 20.8 Å². The van der Waals surface area contributed by atoms with Gasteiger partial charge in [0.1, 0.15) is 17.1 Å². The molecule has 0 radical (unpaired) electrons. The monoisotopic (exact) mass is 473 g/mol. The third-order valence-corrected chi connectivity index (χ3v) is 5.99. The Hall–Kier alpha value is -3.39. The standard InChI is InChI=1S/C24H21ClFNO6/c1-13(23(29)27-8-2-3-14(12-27)24(30)31)32-16-5-7-18-19(11-22(28)33-21(18)10-16)17-6-4-15(26)9-20(17)25/h4-7,9-11,13-14H,2-3,8,12H2,1H3,(H,30,31)/t13-,14-/m1/s1. The highest BCUT2D eigenvalue weighted by Crippen LogP contribution is 2.34. The van der Waals surface area contributed by atoms with Crippen LogP contribution >= 0.6 is 11.6 Å². The van der Waals surface area contributed by atoms with Crippen molar-refractivity contribution >= 4 is 34.4 Å². The Labute approximate surface area is 193 Å². The van der Waals surface area contributed by atoms with Crippen LogP contribution in [0, 0.1) is 11.7 Å². The number of carboxylic acid groups (broad SMARTS) is 1. The Morgan fingerprint density at radius 1 is 1.21 bits per heavy atom. The second kappa shape index (κ2) is 9.23. The van der Waals surface area contributed by atoms with E-state index in [-0.39, 0.29) is 23.1 Å². The average Bonchev–Trinajstić information content (AvgIpc) is 2.78. The van der Waals surface area contributed by atoms with Gasteiger partial charge in [0, 0.05) is 41.7 Å². The molecule has 172 valence electrons. The van der Waals surface area contributed by atoms with Crippen molar-refractivity contribution in [3.8, 4) is 16.9 Å². The minimum Gasteiger partial charge on any atom is -0.481 e. The Morgan fingerprint density at radius 3 is 2.73 bits per heavy atom. The summed E-state index contributed by atoms with van der Waals surface area (Å²) in [6.45, 7) is 2.21. The predicted octanol–water partition coefficient (Wildman–Crippen LogP) is 4.34. The van der Waals surface area contributed by atoms with Gasteiger partial charge in [-0.15, -0.1) is 0 Å². The van der Waals surface area contributed by atoms with Crippen molar-refractivity contribution < 1.29 is 28.2 Å². The van der Waals surface area contributed by atoms with Crippen molar-refractivity contribution in [1.82, 2.24) is 4.90 Å². The van der Waals surface area contributed by atoms with E-state index in [2.05, 4.69) is 0 Å². The van der Waals surface area contributed by atoms with Gasteiger partial charge >= 0.3 is 11.6 Å². The Morgan fingerprint density at radius 2 is 2.00 bits per heavy atom. The number of benzene rings is 2. The van der Waals surface area contributed by atoms with E-state index >= 15 is 0 Å². The topological polar surface area (TPSA) is 97.0 Å². The van der Waals surface area contributed by atoms with E-state index in [1.807, 2.05) is 0 Å². The Kier molecular flexibility index (Phi) is 6.37. The third-order valence-electron chi connectivity index (χ3n) is 5.68. The lowest BCUT2D eigenvalue weighted by Crippen LogP contribution is -2.47. The number of carbonyl (C=O) groups is 2. The quantitative estimate of drug-likeness (QED) is 0.553. The van der Waals surface area contributed by atoms with Crippen molar-refractivity contribution in [3.63, 3.8) is 0 Å². The highest BCUT2D eigenvalue weighted by atomic mass is 35.5. The fraction of sp³-hybridized carbons (Fsp3) is 0.292. The maximum absolute atomic E-state index is 13.5. The van der Waals surface area contributed by atoms with Crippen LogP contribution in [0.2, 0.25) is 5.02 Å². The van der Waals surface area contributed by atoms with Crippen LogP contribution < -0.4 is 10.4 Å². The molecule has 7 nitrogen and oxygen atoms in total. The molecule has 0 saturated carbocycles. The number of likely N-dealkylation sites (tertiary alicyclic amines) is 1. The molecule has 1 aromatic heterocycles. The molecule has 2 heterocycles. The summed E-state index contributed by atoms with van der Waals surface area (Å²) in [5.74, 6) is -1.99. The van der Waals surface area contributed by atoms with E-state index in [1.165, 1.54) is 29.2 Å². The molecule has 0 unspecified atom stereocenters. The molecule has 1 aliphatic rings. The number of halogens is 2. The number of hydrogen-bond donors (Lipinski definition) is 1. The van der Waals surface area contributed by atoms with Gasteiger partial charge in [0.25, 0.3) is 5.91 Å². The maximum Gasteiger partial charge on any atom is 0.336 e. The number of aliphatic carboxylic acids is 1. The molecule has 1 N–H and O–H groups in total. The van der Waals surface area contributed by atoms with E-state index in [0.717, 1.165) is 6.07 Å². The number of piperidine rings is 1. The summed E-state index contributed by atoms with van der Waals surface area (Å²) in [6.07, 6.45) is 0.292. The number of hydrogen-bond acceptors (Lipinski definition) is 5. The number of carbonyl (C=O) groups excluding carboxylic acids is 1. The molecule has 3 aromatic rings. The molecule has 4 rings (SSSR count). The summed E-state index contributed by atoms with van der Waals surface area (Å²) < 4.78 is 24.5. The van der Waals surface area contributed by atoms with Crippen LogP contribution in [-0.4, -0.2) is 41.1 Å². The van der Waals surface area contributed by atoms with Gasteiger partial charge in [-0.3, -0.25) is 9.59 Å². The first-order chi connectivity index (χ1) is 15.7. The second-order valence-electron chi connectivity index (χ2n) is 7.98. The van der Waals surface area contributed by atoms with Gasteiger partial charge in [0.2, 0.25) is 0 Å². The van der Waals surface area contributed by atoms with Crippen molar-refractivity contribution in [1.29, 1.82) is 0 Å². The Bertz CT molecular complexity index is 1290. The van der Waals surface area contributed by atoms with E-state index in [9.17, 15) is 23.9 Å². The van der Waals surface area contributed by atoms with Gasteiger partial charge in [-0.1, -0.05) is 11.6 Å². The normalized spacial score (nSPS) is 17.1. The fourth-order valence-electron chi connectivity index (χ4n) is 4.04. The van der Waals surface area contributed by atoms with Gasteiger partial charge in [-0.2, -0.15) is 0 Å². The summed E-state index contributed by atoms with van der Waals surface area (Å²) in [5, 5.41) is 9.96. The van der Waals surface area contributed by atoms with Gasteiger partial charge in [-0.05, 0) is 50.1 Å². The first kappa shape index (κ1) is 22.8. The van der Waals surface area contributed by atoms with Gasteiger partial charge in [0.15, 0.2) is 6.10 Å². The van der Waals surface area contributed by atoms with Crippen LogP contribution in [0.25, 0.3) is 22.1 Å². The van der Waals surface area contributed by atoms with Crippen molar-refractivity contribution in [2.45, 2.75) is 25.9 Å². The molecule has 0 aliphatic carbocycles. The zero-order chi connectivity index (χ0) is 23.7. The largest absolute Gasteiger partial charge is 0.481 e. The number of fused-ring (bicyclic) bond motifs is 1. The zero-order valence-corrected chi connectivity index (χ0v) is 18.5. The highest BCUT2D eigenvalue weighted by molar-refractivity contribution is 6.33. The first-order valence-electron chi connectivity index (χ1n) is 10.4. The molecule has 1 fully saturated rings. The number of ether oxygens (including phenoxy) is 1. The summed E-state index contributed by atoms with van der Waals surface area (Å²) in [7, 11) is 0. The fourth-order valence-corrected chi connectivity index (χ4v) is 4.31. The maximum atomic E-state index is 13.5. The lowest BCUT2D eigenvalue weighted by molar-refractivity contribution is -0.147. The number of amides is 1. The average molecular weight is 474 g/mol. The lowest BCUT2D eigenvalue weighted by Gasteiger charge is -2.32. The second-order valence-corrected chi connectivity index (χ2v) is 8.39. The van der Waals surface area contributed by atoms with Crippen molar-refractivity contribution in [3.05, 3.63) is 63.7 Å². The first-order valence-corrected chi connectivity index (χ1v) is 10.8. The summed E-state index contributed by atoms with van der Waals surface area (Å²) in [5.41, 5.74) is 0.562. The molecular weight excluding hydrogens is 453 g/mol. The summed E-state index contributed by atoms with van der Waals surface area (Å²) >= 11 is 6.18. The third kappa shape index (κ3) is 4.85. The molecule has 1 saturated heterocycles. The molecule has 33 heavy (non-hydrogen) atoms. The molecule has 0 bridgehead atoms. The molecule has 1 amide bonds. The number of nitrogens with zero attached hydrogens (tertiary/aromatic N) is 1. The van der Waals surface area contributed by atoms with Crippen LogP contribution in [0.1, 0.15) is 19.8 Å². The van der Waals surface area contributed by atoms with Gasteiger partial charge < -0.3 is 19.2 Å². The smallest absolute Gasteiger partial charge is 0.336 e. The molecule has 2 atom stereocenters. The lowest BCUT2D eigenvalue weighted by atomic mass is 9.98. The van der Waals surface area contributed by atoms with Crippen LogP contribution in [-0.2, 0) is 9.59 Å². The predicted molar refractivity (Wildman–Crippen MR) is 120 cm³/mol. The van der Waals surface area contributed by atoms with E-state index in [1.54, 1.807) is 19.1 Å². The van der Waals surface area contributed by atoms with Crippen LogP contribution in [0.3, 0.4) is 0 Å². The molecular formula is C24H21ClFNO6. The summed E-state index contributed by atoms with van der Waals surface area (Å²) in [4.78, 5) is 37.7. The van der Waals surface area contributed by atoms with E-state index < -0.39 is 29.4 Å². The minimum atomic E-state index is -0.914. The number of carboxylic acids is 1. The molecule has 2 aromatic carbocycles. The zero-order valence-electron chi connectivity index (χ0n) is 17.7. The SMILES string of the molecule is C[C@@H](Oc1ccc2c(-c3ccc(F)cc3Cl)cc(=O)oc2c1)C(=O)N1CCC[C@@H](C(=O)O)C1. The van der Waals surface area contributed by atoms with E-state index in [0.29, 0.717) is 41.6 Å². The highest BCUT2D eigenvalue weighted by Gasteiger charge is 2.31. The van der Waals surface area contributed by atoms with Gasteiger partial charge in [0.05, 0.1) is 10.9 Å². The van der Waals surface area contributed by atoms with Crippen LogP contribution in [0.5, 0.6) is 5.75 Å². The molecule has 0 spiro atoms. The van der Waals surface area contributed by atoms with Crippen molar-refractivity contribution in [2.24, 2.45) is 5.92 Å².